The minimum Gasteiger partial charge on any atom is -0.347 e. The van der Waals surface area contributed by atoms with Crippen LogP contribution in [0.3, 0.4) is 0 Å². The van der Waals surface area contributed by atoms with Crippen LogP contribution in [-0.4, -0.2) is 37.5 Å². The SMILES string of the molecule is CN(C)C(=O)C1CC(c2ccccc2F)CCN1. The molecule has 1 aliphatic heterocycles. The monoisotopic (exact) mass is 250 g/mol. The molecule has 18 heavy (non-hydrogen) atoms. The Labute approximate surface area is 107 Å². The van der Waals surface area contributed by atoms with E-state index in [0.717, 1.165) is 18.5 Å². The van der Waals surface area contributed by atoms with Crippen LogP contribution < -0.4 is 5.32 Å². The van der Waals surface area contributed by atoms with Crippen LogP contribution in [0.25, 0.3) is 0 Å². The molecule has 2 atom stereocenters. The zero-order chi connectivity index (χ0) is 13.1. The van der Waals surface area contributed by atoms with Crippen LogP contribution in [0.15, 0.2) is 24.3 Å². The first-order chi connectivity index (χ1) is 8.59. The van der Waals surface area contributed by atoms with Crippen molar-refractivity contribution >= 4 is 5.91 Å². The Morgan fingerprint density at radius 2 is 2.11 bits per heavy atom. The number of halogens is 1. The zero-order valence-corrected chi connectivity index (χ0v) is 10.8. The van der Waals surface area contributed by atoms with Gasteiger partial charge in [0.15, 0.2) is 0 Å². The first-order valence-electron chi connectivity index (χ1n) is 6.28. The van der Waals surface area contributed by atoms with E-state index < -0.39 is 0 Å². The number of carbonyl (C=O) groups excluding carboxylic acids is 1. The Morgan fingerprint density at radius 1 is 1.39 bits per heavy atom. The van der Waals surface area contributed by atoms with Gasteiger partial charge in [-0.3, -0.25) is 4.79 Å². The molecule has 2 rings (SSSR count). The van der Waals surface area contributed by atoms with Crippen molar-refractivity contribution in [3.63, 3.8) is 0 Å². The van der Waals surface area contributed by atoms with Gasteiger partial charge < -0.3 is 10.2 Å². The number of benzene rings is 1. The Hall–Kier alpha value is -1.42. The van der Waals surface area contributed by atoms with Gasteiger partial charge in [0.2, 0.25) is 5.91 Å². The lowest BCUT2D eigenvalue weighted by Gasteiger charge is -2.31. The third kappa shape index (κ3) is 2.70. The lowest BCUT2D eigenvalue weighted by atomic mass is 9.86. The average molecular weight is 250 g/mol. The first-order valence-corrected chi connectivity index (χ1v) is 6.28. The number of hydrogen-bond acceptors (Lipinski definition) is 2. The fourth-order valence-electron chi connectivity index (χ4n) is 2.51. The third-order valence-electron chi connectivity index (χ3n) is 3.49. The van der Waals surface area contributed by atoms with E-state index in [9.17, 15) is 9.18 Å². The summed E-state index contributed by atoms with van der Waals surface area (Å²) in [5.41, 5.74) is 0.732. The lowest BCUT2D eigenvalue weighted by Crippen LogP contribution is -2.47. The number of hydrogen-bond donors (Lipinski definition) is 1. The van der Waals surface area contributed by atoms with Gasteiger partial charge in [-0.2, -0.15) is 0 Å². The van der Waals surface area contributed by atoms with Crippen molar-refractivity contribution in [3.05, 3.63) is 35.6 Å². The third-order valence-corrected chi connectivity index (χ3v) is 3.49. The van der Waals surface area contributed by atoms with Crippen molar-refractivity contribution in [2.45, 2.75) is 24.8 Å². The second kappa shape index (κ2) is 5.48. The number of likely N-dealkylation sites (N-methyl/N-ethyl adjacent to an activating group) is 1. The van der Waals surface area contributed by atoms with Gasteiger partial charge in [0.05, 0.1) is 6.04 Å². The van der Waals surface area contributed by atoms with Crippen LogP contribution in [0.1, 0.15) is 24.3 Å². The maximum atomic E-state index is 13.7. The standard InChI is InChI=1S/C14H19FN2O/c1-17(2)14(18)13-9-10(7-8-16-13)11-5-3-4-6-12(11)15/h3-6,10,13,16H,7-9H2,1-2H3. The number of piperidine rings is 1. The molecule has 0 spiro atoms. The van der Waals surface area contributed by atoms with Gasteiger partial charge in [-0.15, -0.1) is 0 Å². The van der Waals surface area contributed by atoms with Crippen LogP contribution in [0.5, 0.6) is 0 Å². The Kier molecular flexibility index (Phi) is 3.97. The van der Waals surface area contributed by atoms with Crippen LogP contribution in [-0.2, 0) is 4.79 Å². The number of amides is 1. The highest BCUT2D eigenvalue weighted by Crippen LogP contribution is 2.29. The van der Waals surface area contributed by atoms with Gasteiger partial charge >= 0.3 is 0 Å². The van der Waals surface area contributed by atoms with E-state index in [1.165, 1.54) is 6.07 Å². The van der Waals surface area contributed by atoms with Gasteiger partial charge in [0, 0.05) is 14.1 Å². The molecule has 1 aromatic rings. The number of nitrogens with one attached hydrogen (secondary N) is 1. The summed E-state index contributed by atoms with van der Waals surface area (Å²) >= 11 is 0. The lowest BCUT2D eigenvalue weighted by molar-refractivity contribution is -0.131. The molecule has 1 aromatic carbocycles. The molecule has 1 aliphatic rings. The van der Waals surface area contributed by atoms with E-state index in [4.69, 9.17) is 0 Å². The van der Waals surface area contributed by atoms with Gasteiger partial charge in [-0.1, -0.05) is 18.2 Å². The average Bonchev–Trinajstić information content (AvgIpc) is 2.38. The molecule has 3 nitrogen and oxygen atoms in total. The van der Waals surface area contributed by atoms with E-state index >= 15 is 0 Å². The predicted molar refractivity (Wildman–Crippen MR) is 68.9 cm³/mol. The van der Waals surface area contributed by atoms with Crippen molar-refractivity contribution in [3.8, 4) is 0 Å². The highest BCUT2D eigenvalue weighted by molar-refractivity contribution is 5.81. The highest BCUT2D eigenvalue weighted by atomic mass is 19.1. The molecule has 1 fully saturated rings. The summed E-state index contributed by atoms with van der Waals surface area (Å²) in [4.78, 5) is 13.5. The number of carbonyl (C=O) groups is 1. The maximum absolute atomic E-state index is 13.7. The molecule has 4 heteroatoms. The Balaban J connectivity index is 2.12. The molecule has 2 unspecified atom stereocenters. The topological polar surface area (TPSA) is 32.3 Å². The fraction of sp³-hybridized carbons (Fsp3) is 0.500. The van der Waals surface area contributed by atoms with Gasteiger partial charge in [0.1, 0.15) is 5.82 Å². The maximum Gasteiger partial charge on any atom is 0.239 e. The molecule has 0 radical (unpaired) electrons. The Bertz CT molecular complexity index is 434. The molecule has 1 N–H and O–H groups in total. The summed E-state index contributed by atoms with van der Waals surface area (Å²) in [6, 6.07) is 6.66. The van der Waals surface area contributed by atoms with Gasteiger partial charge in [0.25, 0.3) is 0 Å². The Morgan fingerprint density at radius 3 is 2.78 bits per heavy atom. The van der Waals surface area contributed by atoms with Crippen LogP contribution in [0.4, 0.5) is 4.39 Å². The molecule has 1 amide bonds. The van der Waals surface area contributed by atoms with Crippen molar-refractivity contribution in [1.29, 1.82) is 0 Å². The summed E-state index contributed by atoms with van der Waals surface area (Å²) in [6.45, 7) is 0.753. The zero-order valence-electron chi connectivity index (χ0n) is 10.8. The molecule has 0 bridgehead atoms. The molecule has 0 saturated carbocycles. The van der Waals surface area contributed by atoms with Crippen molar-refractivity contribution in [2.75, 3.05) is 20.6 Å². The summed E-state index contributed by atoms with van der Waals surface area (Å²) < 4.78 is 13.7. The molecule has 0 aromatic heterocycles. The van der Waals surface area contributed by atoms with E-state index in [-0.39, 0.29) is 23.7 Å². The fourth-order valence-corrected chi connectivity index (χ4v) is 2.51. The summed E-state index contributed by atoms with van der Waals surface area (Å²) in [5.74, 6) is 0.0258. The van der Waals surface area contributed by atoms with Gasteiger partial charge in [-0.05, 0) is 36.9 Å². The summed E-state index contributed by atoms with van der Waals surface area (Å²) in [6.07, 6.45) is 1.54. The minimum absolute atomic E-state index is 0.0658. The van der Waals surface area contributed by atoms with E-state index in [0.29, 0.717) is 6.42 Å². The van der Waals surface area contributed by atoms with Crippen molar-refractivity contribution in [1.82, 2.24) is 10.2 Å². The van der Waals surface area contributed by atoms with Crippen LogP contribution in [0, 0.1) is 5.82 Å². The van der Waals surface area contributed by atoms with Gasteiger partial charge in [-0.25, -0.2) is 4.39 Å². The first kappa shape index (κ1) is 13.0. The number of rotatable bonds is 2. The van der Waals surface area contributed by atoms with E-state index in [2.05, 4.69) is 5.32 Å². The molecule has 1 heterocycles. The second-order valence-electron chi connectivity index (χ2n) is 4.98. The second-order valence-corrected chi connectivity index (χ2v) is 4.98. The minimum atomic E-state index is -0.196. The molecular formula is C14H19FN2O. The van der Waals surface area contributed by atoms with E-state index in [1.54, 1.807) is 25.1 Å². The summed E-state index contributed by atoms with van der Waals surface area (Å²) in [7, 11) is 3.49. The number of nitrogens with zero attached hydrogens (tertiary/aromatic N) is 1. The molecule has 98 valence electrons. The molecule has 0 aliphatic carbocycles. The van der Waals surface area contributed by atoms with Crippen molar-refractivity contribution in [2.24, 2.45) is 0 Å². The summed E-state index contributed by atoms with van der Waals surface area (Å²) in [5, 5.41) is 3.21. The highest BCUT2D eigenvalue weighted by Gasteiger charge is 2.29. The molecular weight excluding hydrogens is 231 g/mol. The van der Waals surface area contributed by atoms with Crippen LogP contribution in [0.2, 0.25) is 0 Å². The predicted octanol–water partition coefficient (Wildman–Crippen LogP) is 1.75. The van der Waals surface area contributed by atoms with E-state index in [1.807, 2.05) is 12.1 Å². The largest absolute Gasteiger partial charge is 0.347 e. The smallest absolute Gasteiger partial charge is 0.239 e. The van der Waals surface area contributed by atoms with Crippen LogP contribution >= 0.6 is 0 Å². The quantitative estimate of drug-likeness (QED) is 0.867. The van der Waals surface area contributed by atoms with Crippen molar-refractivity contribution < 1.29 is 9.18 Å². The normalized spacial score (nSPS) is 23.7. The molecule has 1 saturated heterocycles.